The molecule has 6 nitrogen and oxygen atoms in total. The first-order chi connectivity index (χ1) is 16.4. The first-order valence-electron chi connectivity index (χ1n) is 12.5. The molecule has 0 bridgehead atoms. The Morgan fingerprint density at radius 3 is 2.50 bits per heavy atom. The van der Waals surface area contributed by atoms with E-state index in [-0.39, 0.29) is 23.8 Å². The van der Waals surface area contributed by atoms with Crippen LogP contribution in [0.25, 0.3) is 11.0 Å². The van der Waals surface area contributed by atoms with Crippen LogP contribution in [0.4, 0.5) is 0 Å². The number of nitrogens with one attached hydrogen (secondary N) is 1. The van der Waals surface area contributed by atoms with E-state index in [0.29, 0.717) is 24.8 Å². The third-order valence-electron chi connectivity index (χ3n) is 7.82. The first-order valence-corrected chi connectivity index (χ1v) is 12.5. The summed E-state index contributed by atoms with van der Waals surface area (Å²) in [6, 6.07) is 18.1. The summed E-state index contributed by atoms with van der Waals surface area (Å²) in [6.45, 7) is 7.16. The van der Waals surface area contributed by atoms with Crippen LogP contribution in [0.5, 0.6) is 0 Å². The van der Waals surface area contributed by atoms with Crippen LogP contribution in [-0.4, -0.2) is 44.4 Å². The summed E-state index contributed by atoms with van der Waals surface area (Å²) in [5.74, 6) is 0.967. The van der Waals surface area contributed by atoms with Crippen molar-refractivity contribution in [1.82, 2.24) is 19.8 Å². The molecular formula is C28H34N4O2. The molecule has 0 saturated heterocycles. The van der Waals surface area contributed by atoms with Crippen LogP contribution in [-0.2, 0) is 11.3 Å². The number of imidazole rings is 1. The molecule has 2 atom stereocenters. The smallest absolute Gasteiger partial charge is 0.290 e. The summed E-state index contributed by atoms with van der Waals surface area (Å²) in [6.07, 6.45) is 4.25. The maximum Gasteiger partial charge on any atom is 0.290 e. The van der Waals surface area contributed by atoms with E-state index in [9.17, 15) is 9.59 Å². The SMILES string of the molecule is CC1CCC(NC(=O)[C@]2(C)Cn3c(nc4ccccc43)C(=O)N2C[C@H](C)c2ccccc2)CC1. The average molecular weight is 459 g/mol. The Hall–Kier alpha value is -3.15. The van der Waals surface area contributed by atoms with Gasteiger partial charge in [-0.3, -0.25) is 9.59 Å². The standard InChI is InChI=1S/C28H34N4O2/c1-19-13-15-22(16-14-19)29-27(34)28(3)18-31-24-12-8-7-11-23(24)30-25(31)26(33)32(28)17-20(2)21-9-5-4-6-10-21/h4-12,19-20,22H,13-18H2,1-3H3,(H,29,34)/t19?,20-,22?,28-/m0/s1. The van der Waals surface area contributed by atoms with Crippen LogP contribution >= 0.6 is 0 Å². The van der Waals surface area contributed by atoms with Crippen molar-refractivity contribution in [2.24, 2.45) is 5.92 Å². The number of para-hydroxylation sites is 2. The van der Waals surface area contributed by atoms with Gasteiger partial charge in [0.25, 0.3) is 5.91 Å². The van der Waals surface area contributed by atoms with Crippen LogP contribution in [0, 0.1) is 5.92 Å². The molecule has 1 aromatic heterocycles. The molecule has 1 saturated carbocycles. The zero-order chi connectivity index (χ0) is 23.9. The van der Waals surface area contributed by atoms with Gasteiger partial charge in [0.05, 0.1) is 17.6 Å². The first kappa shape index (κ1) is 22.6. The van der Waals surface area contributed by atoms with Crippen molar-refractivity contribution >= 4 is 22.8 Å². The highest BCUT2D eigenvalue weighted by Crippen LogP contribution is 2.33. The number of carbonyl (C=O) groups excluding carboxylic acids is 2. The second-order valence-corrected chi connectivity index (χ2v) is 10.4. The van der Waals surface area contributed by atoms with Crippen molar-refractivity contribution in [2.45, 2.75) is 70.5 Å². The Morgan fingerprint density at radius 2 is 1.76 bits per heavy atom. The Balaban J connectivity index is 1.50. The molecular weight excluding hydrogens is 424 g/mol. The Kier molecular flexibility index (Phi) is 5.92. The van der Waals surface area contributed by atoms with E-state index >= 15 is 0 Å². The average Bonchev–Trinajstić information content (AvgIpc) is 3.22. The van der Waals surface area contributed by atoms with Gasteiger partial charge in [0.1, 0.15) is 5.54 Å². The second kappa shape index (κ2) is 8.90. The summed E-state index contributed by atoms with van der Waals surface area (Å²) in [4.78, 5) is 34.2. The fourth-order valence-electron chi connectivity index (χ4n) is 5.52. The maximum absolute atomic E-state index is 13.9. The molecule has 1 fully saturated rings. The van der Waals surface area contributed by atoms with Crippen molar-refractivity contribution in [3.8, 4) is 0 Å². The Labute approximate surface area is 201 Å². The number of fused-ring (bicyclic) bond motifs is 3. The third kappa shape index (κ3) is 3.99. The van der Waals surface area contributed by atoms with Crippen molar-refractivity contribution in [3.05, 3.63) is 66.0 Å². The number of carbonyl (C=O) groups is 2. The summed E-state index contributed by atoms with van der Waals surface area (Å²) in [7, 11) is 0. The fraction of sp³-hybridized carbons (Fsp3) is 0.464. The van der Waals surface area contributed by atoms with E-state index in [4.69, 9.17) is 0 Å². The monoisotopic (exact) mass is 458 g/mol. The van der Waals surface area contributed by atoms with Crippen LogP contribution in [0.15, 0.2) is 54.6 Å². The molecule has 5 rings (SSSR count). The topological polar surface area (TPSA) is 67.2 Å². The molecule has 1 aliphatic carbocycles. The molecule has 0 radical (unpaired) electrons. The minimum absolute atomic E-state index is 0.0657. The van der Waals surface area contributed by atoms with Gasteiger partial charge in [-0.1, -0.05) is 56.3 Å². The lowest BCUT2D eigenvalue weighted by molar-refractivity contribution is -0.134. The van der Waals surface area contributed by atoms with Crippen molar-refractivity contribution < 1.29 is 9.59 Å². The van der Waals surface area contributed by atoms with E-state index in [1.165, 1.54) is 0 Å². The Bertz CT molecular complexity index is 1200. The predicted octanol–water partition coefficient (Wildman–Crippen LogP) is 4.75. The number of nitrogens with zero attached hydrogens (tertiary/aromatic N) is 3. The van der Waals surface area contributed by atoms with E-state index in [0.717, 1.165) is 42.3 Å². The van der Waals surface area contributed by atoms with Gasteiger partial charge in [0, 0.05) is 12.6 Å². The molecule has 1 N–H and O–H groups in total. The number of rotatable bonds is 5. The molecule has 2 aliphatic rings. The molecule has 1 aliphatic heterocycles. The van der Waals surface area contributed by atoms with Gasteiger partial charge in [-0.2, -0.15) is 0 Å². The van der Waals surface area contributed by atoms with E-state index < -0.39 is 5.54 Å². The lowest BCUT2D eigenvalue weighted by Gasteiger charge is -2.45. The zero-order valence-electron chi connectivity index (χ0n) is 20.3. The summed E-state index contributed by atoms with van der Waals surface area (Å²) in [5.41, 5.74) is 1.83. The van der Waals surface area contributed by atoms with E-state index in [2.05, 4.69) is 36.3 Å². The Morgan fingerprint density at radius 1 is 1.09 bits per heavy atom. The summed E-state index contributed by atoms with van der Waals surface area (Å²) < 4.78 is 1.93. The number of hydrogen-bond acceptors (Lipinski definition) is 3. The van der Waals surface area contributed by atoms with E-state index in [1.807, 2.05) is 54.0 Å². The minimum atomic E-state index is -1.00. The minimum Gasteiger partial charge on any atom is -0.351 e. The van der Waals surface area contributed by atoms with Crippen LogP contribution in [0.2, 0.25) is 0 Å². The van der Waals surface area contributed by atoms with Crippen LogP contribution in [0.1, 0.15) is 68.6 Å². The van der Waals surface area contributed by atoms with Crippen LogP contribution in [0.3, 0.4) is 0 Å². The van der Waals surface area contributed by atoms with E-state index in [1.54, 1.807) is 4.90 Å². The molecule has 0 spiro atoms. The molecule has 2 amide bonds. The lowest BCUT2D eigenvalue weighted by Crippen LogP contribution is -2.65. The second-order valence-electron chi connectivity index (χ2n) is 10.4. The number of benzene rings is 2. The molecule has 6 heteroatoms. The summed E-state index contributed by atoms with van der Waals surface area (Å²) in [5, 5.41) is 3.32. The van der Waals surface area contributed by atoms with Gasteiger partial charge >= 0.3 is 0 Å². The highest BCUT2D eigenvalue weighted by Gasteiger charge is 2.49. The van der Waals surface area contributed by atoms with Gasteiger partial charge in [0.15, 0.2) is 5.82 Å². The van der Waals surface area contributed by atoms with Crippen LogP contribution < -0.4 is 5.32 Å². The number of hydrogen-bond donors (Lipinski definition) is 1. The fourth-order valence-corrected chi connectivity index (χ4v) is 5.52. The predicted molar refractivity (Wildman–Crippen MR) is 134 cm³/mol. The van der Waals surface area contributed by atoms with Crippen molar-refractivity contribution in [1.29, 1.82) is 0 Å². The van der Waals surface area contributed by atoms with Gasteiger partial charge in [0.2, 0.25) is 5.91 Å². The molecule has 2 aromatic carbocycles. The van der Waals surface area contributed by atoms with Crippen molar-refractivity contribution in [2.75, 3.05) is 6.54 Å². The summed E-state index contributed by atoms with van der Waals surface area (Å²) >= 11 is 0. The molecule has 3 aromatic rings. The van der Waals surface area contributed by atoms with Gasteiger partial charge < -0.3 is 14.8 Å². The third-order valence-corrected chi connectivity index (χ3v) is 7.82. The highest BCUT2D eigenvalue weighted by atomic mass is 16.2. The van der Waals surface area contributed by atoms with Gasteiger partial charge in [-0.05, 0) is 62.1 Å². The van der Waals surface area contributed by atoms with Gasteiger partial charge in [-0.15, -0.1) is 0 Å². The maximum atomic E-state index is 13.9. The molecule has 2 heterocycles. The molecule has 178 valence electrons. The molecule has 34 heavy (non-hydrogen) atoms. The number of amides is 2. The molecule has 0 unspecified atom stereocenters. The lowest BCUT2D eigenvalue weighted by atomic mass is 9.86. The van der Waals surface area contributed by atoms with Crippen molar-refractivity contribution in [3.63, 3.8) is 0 Å². The normalized spacial score (nSPS) is 25.7. The quantitative estimate of drug-likeness (QED) is 0.600. The largest absolute Gasteiger partial charge is 0.351 e. The number of aromatic nitrogens is 2. The zero-order valence-corrected chi connectivity index (χ0v) is 20.3. The van der Waals surface area contributed by atoms with Gasteiger partial charge in [-0.25, -0.2) is 4.98 Å². The highest BCUT2D eigenvalue weighted by molar-refractivity contribution is 6.01.